The third kappa shape index (κ3) is 2.98. The molecule has 0 aliphatic rings. The summed E-state index contributed by atoms with van der Waals surface area (Å²) in [5, 5.41) is 1.13. The molecule has 0 amide bonds. The van der Waals surface area contributed by atoms with Crippen LogP contribution in [0.25, 0.3) is 10.9 Å². The molecule has 0 fully saturated rings. The van der Waals surface area contributed by atoms with Gasteiger partial charge in [0.2, 0.25) is 0 Å². The van der Waals surface area contributed by atoms with Gasteiger partial charge >= 0.3 is 5.97 Å². The van der Waals surface area contributed by atoms with Gasteiger partial charge in [-0.1, -0.05) is 45.7 Å². The zero-order valence-corrected chi connectivity index (χ0v) is 14.0. The van der Waals surface area contributed by atoms with E-state index in [1.54, 1.807) is 24.3 Å². The van der Waals surface area contributed by atoms with Crippen LogP contribution in [-0.4, -0.2) is 11.0 Å². The van der Waals surface area contributed by atoms with E-state index in [4.69, 9.17) is 16.3 Å². The molecule has 0 radical (unpaired) electrons. The molecular formula is C17H11BrClNO2. The van der Waals surface area contributed by atoms with E-state index in [-0.39, 0.29) is 0 Å². The minimum absolute atomic E-state index is 0.327. The predicted octanol–water partition coefficient (Wildman–Crippen LogP) is 5.18. The minimum atomic E-state index is -0.453. The first-order valence-electron chi connectivity index (χ1n) is 6.58. The van der Waals surface area contributed by atoms with E-state index < -0.39 is 5.97 Å². The van der Waals surface area contributed by atoms with Crippen molar-refractivity contribution in [1.82, 2.24) is 4.98 Å². The number of carbonyl (C=O) groups excluding carboxylic acids is 1. The van der Waals surface area contributed by atoms with Crippen LogP contribution in [0.3, 0.4) is 0 Å². The van der Waals surface area contributed by atoms with E-state index >= 15 is 0 Å². The highest BCUT2D eigenvalue weighted by Crippen LogP contribution is 2.29. The lowest BCUT2D eigenvalue weighted by Crippen LogP contribution is -2.10. The molecule has 3 rings (SSSR count). The Morgan fingerprint density at radius 1 is 1.18 bits per heavy atom. The summed E-state index contributed by atoms with van der Waals surface area (Å²) in [7, 11) is 0. The van der Waals surface area contributed by atoms with Crippen LogP contribution in [0.2, 0.25) is 5.02 Å². The second-order valence-electron chi connectivity index (χ2n) is 4.79. The number of nitrogens with zero attached hydrogens (tertiary/aromatic N) is 1. The summed E-state index contributed by atoms with van der Waals surface area (Å²) in [5.74, 6) is -0.126. The van der Waals surface area contributed by atoms with Gasteiger partial charge in [0.05, 0.1) is 16.1 Å². The molecule has 0 bridgehead atoms. The lowest BCUT2D eigenvalue weighted by molar-refractivity contribution is 0.0736. The van der Waals surface area contributed by atoms with Crippen molar-refractivity contribution in [2.75, 3.05) is 0 Å². The Bertz CT molecular complexity index is 880. The number of esters is 1. The highest BCUT2D eigenvalue weighted by Gasteiger charge is 2.15. The van der Waals surface area contributed by atoms with Crippen molar-refractivity contribution in [3.8, 4) is 5.75 Å². The third-order valence-corrected chi connectivity index (χ3v) is 3.95. The van der Waals surface area contributed by atoms with Crippen molar-refractivity contribution in [3.63, 3.8) is 0 Å². The normalized spacial score (nSPS) is 10.7. The monoisotopic (exact) mass is 375 g/mol. The summed E-state index contributed by atoms with van der Waals surface area (Å²) >= 11 is 9.41. The summed E-state index contributed by atoms with van der Waals surface area (Å²) in [6.45, 7) is 1.84. The molecular weight excluding hydrogens is 366 g/mol. The maximum absolute atomic E-state index is 12.5. The fourth-order valence-corrected chi connectivity index (χ4v) is 2.90. The molecule has 1 aromatic heterocycles. The van der Waals surface area contributed by atoms with Crippen LogP contribution in [0, 0.1) is 6.92 Å². The molecule has 0 N–H and O–H groups in total. The fourth-order valence-electron chi connectivity index (χ4n) is 2.19. The van der Waals surface area contributed by atoms with Crippen molar-refractivity contribution >= 4 is 44.4 Å². The van der Waals surface area contributed by atoms with Gasteiger partial charge in [-0.15, -0.1) is 0 Å². The van der Waals surface area contributed by atoms with Gasteiger partial charge in [0.25, 0.3) is 0 Å². The molecule has 2 aromatic carbocycles. The van der Waals surface area contributed by atoms with Crippen LogP contribution >= 0.6 is 27.5 Å². The van der Waals surface area contributed by atoms with Crippen LogP contribution in [-0.2, 0) is 0 Å². The molecule has 22 heavy (non-hydrogen) atoms. The number of ether oxygens (including phenoxy) is 1. The van der Waals surface area contributed by atoms with Crippen LogP contribution < -0.4 is 4.74 Å². The summed E-state index contributed by atoms with van der Waals surface area (Å²) < 4.78 is 6.25. The van der Waals surface area contributed by atoms with Crippen molar-refractivity contribution in [3.05, 3.63) is 69.3 Å². The first-order valence-corrected chi connectivity index (χ1v) is 7.75. The molecule has 0 saturated carbocycles. The predicted molar refractivity (Wildman–Crippen MR) is 90.6 cm³/mol. The minimum Gasteiger partial charge on any atom is -0.421 e. The molecule has 3 nitrogen and oxygen atoms in total. The highest BCUT2D eigenvalue weighted by atomic mass is 79.9. The number of halogens is 2. The topological polar surface area (TPSA) is 39.2 Å². The lowest BCUT2D eigenvalue weighted by Gasteiger charge is -2.09. The van der Waals surface area contributed by atoms with Gasteiger partial charge in [0.1, 0.15) is 5.75 Å². The Morgan fingerprint density at radius 3 is 2.73 bits per heavy atom. The number of fused-ring (bicyclic) bond motifs is 1. The van der Waals surface area contributed by atoms with Crippen LogP contribution in [0.15, 0.2) is 53.0 Å². The Kier molecular flexibility index (Phi) is 4.14. The Labute approximate surface area is 141 Å². The summed E-state index contributed by atoms with van der Waals surface area (Å²) in [6, 6.07) is 14.3. The van der Waals surface area contributed by atoms with Gasteiger partial charge in [0, 0.05) is 15.6 Å². The number of carbonyl (C=O) groups is 1. The fraction of sp³-hybridized carbons (Fsp3) is 0.0588. The van der Waals surface area contributed by atoms with E-state index in [2.05, 4.69) is 20.9 Å². The van der Waals surface area contributed by atoms with Gasteiger partial charge in [-0.25, -0.2) is 4.79 Å². The molecule has 0 spiro atoms. The average molecular weight is 377 g/mol. The molecule has 0 saturated heterocycles. The van der Waals surface area contributed by atoms with E-state index in [0.717, 1.165) is 21.1 Å². The molecule has 3 aromatic rings. The number of benzene rings is 2. The van der Waals surface area contributed by atoms with Gasteiger partial charge in [0.15, 0.2) is 0 Å². The van der Waals surface area contributed by atoms with Gasteiger partial charge < -0.3 is 4.74 Å². The zero-order chi connectivity index (χ0) is 15.7. The van der Waals surface area contributed by atoms with E-state index in [1.807, 2.05) is 31.2 Å². The Morgan fingerprint density at radius 2 is 1.95 bits per heavy atom. The maximum atomic E-state index is 12.5. The van der Waals surface area contributed by atoms with Gasteiger partial charge in [-0.2, -0.15) is 0 Å². The zero-order valence-electron chi connectivity index (χ0n) is 11.6. The van der Waals surface area contributed by atoms with Crippen LogP contribution in [0.5, 0.6) is 5.75 Å². The van der Waals surface area contributed by atoms with E-state index in [1.165, 1.54) is 0 Å². The number of pyridine rings is 1. The SMILES string of the molecule is Cc1cc(C(=O)Oc2ccc(Br)cc2Cl)c2ccccc2n1. The van der Waals surface area contributed by atoms with Crippen molar-refractivity contribution < 1.29 is 9.53 Å². The van der Waals surface area contributed by atoms with E-state index in [9.17, 15) is 4.79 Å². The van der Waals surface area contributed by atoms with Crippen molar-refractivity contribution in [2.24, 2.45) is 0 Å². The molecule has 1 heterocycles. The molecule has 0 aliphatic carbocycles. The average Bonchev–Trinajstić information content (AvgIpc) is 2.49. The number of hydrogen-bond acceptors (Lipinski definition) is 3. The first kappa shape index (κ1) is 15.0. The van der Waals surface area contributed by atoms with Gasteiger partial charge in [-0.3, -0.25) is 4.98 Å². The third-order valence-electron chi connectivity index (χ3n) is 3.16. The van der Waals surface area contributed by atoms with Crippen molar-refractivity contribution in [2.45, 2.75) is 6.92 Å². The van der Waals surface area contributed by atoms with Crippen LogP contribution in [0.4, 0.5) is 0 Å². The molecule has 0 unspecified atom stereocenters. The second-order valence-corrected chi connectivity index (χ2v) is 6.12. The summed E-state index contributed by atoms with van der Waals surface area (Å²) in [6.07, 6.45) is 0. The first-order chi connectivity index (χ1) is 10.5. The Balaban J connectivity index is 2.02. The van der Waals surface area contributed by atoms with Crippen LogP contribution in [0.1, 0.15) is 16.1 Å². The van der Waals surface area contributed by atoms with E-state index in [0.29, 0.717) is 16.3 Å². The molecule has 5 heteroatoms. The number of para-hydroxylation sites is 1. The number of aromatic nitrogens is 1. The Hall–Kier alpha value is -1.91. The standard InChI is InChI=1S/C17H11BrClNO2/c1-10-8-13(12-4-2-3-5-15(12)20-10)17(21)22-16-7-6-11(18)9-14(16)19/h2-9H,1H3. The lowest BCUT2D eigenvalue weighted by atomic mass is 10.1. The van der Waals surface area contributed by atoms with Gasteiger partial charge in [-0.05, 0) is 37.3 Å². The van der Waals surface area contributed by atoms with Crippen molar-refractivity contribution in [1.29, 1.82) is 0 Å². The maximum Gasteiger partial charge on any atom is 0.344 e. The number of aryl methyl sites for hydroxylation is 1. The summed E-state index contributed by atoms with van der Waals surface area (Å²) in [4.78, 5) is 16.9. The smallest absolute Gasteiger partial charge is 0.344 e. The summed E-state index contributed by atoms with van der Waals surface area (Å²) in [5.41, 5.74) is 1.99. The molecule has 0 atom stereocenters. The highest BCUT2D eigenvalue weighted by molar-refractivity contribution is 9.10. The molecule has 0 aliphatic heterocycles. The largest absolute Gasteiger partial charge is 0.421 e. The quantitative estimate of drug-likeness (QED) is 0.457. The number of rotatable bonds is 2. The molecule has 110 valence electrons. The number of hydrogen-bond donors (Lipinski definition) is 0. The second kappa shape index (κ2) is 6.07.